The molecule has 4 amide bonds. The minimum Gasteiger partial charge on any atom is -0.494 e. The van der Waals surface area contributed by atoms with Crippen LogP contribution in [0, 0.1) is 5.92 Å². The van der Waals surface area contributed by atoms with Crippen molar-refractivity contribution < 1.29 is 32.3 Å². The summed E-state index contributed by atoms with van der Waals surface area (Å²) in [6.45, 7) is 3.50. The number of urea groups is 1. The van der Waals surface area contributed by atoms with Crippen LogP contribution in [0.1, 0.15) is 83.5 Å². The van der Waals surface area contributed by atoms with E-state index in [1.807, 2.05) is 10.6 Å². The van der Waals surface area contributed by atoms with Gasteiger partial charge in [0.15, 0.2) is 0 Å². The lowest BCUT2D eigenvalue weighted by molar-refractivity contribution is -0.141. The maximum Gasteiger partial charge on any atom is 0.433 e. The third kappa shape index (κ3) is 7.36. The molecule has 0 unspecified atom stereocenters. The van der Waals surface area contributed by atoms with E-state index in [1.54, 1.807) is 34.6 Å². The number of imidazole rings is 1. The van der Waals surface area contributed by atoms with Crippen molar-refractivity contribution in [3.8, 4) is 5.75 Å². The highest BCUT2D eigenvalue weighted by atomic mass is 32.1. The van der Waals surface area contributed by atoms with Gasteiger partial charge in [-0.15, -0.1) is 11.3 Å². The number of rotatable bonds is 8. The molecule has 2 N–H and O–H groups in total. The lowest BCUT2D eigenvalue weighted by atomic mass is 9.81. The van der Waals surface area contributed by atoms with Crippen molar-refractivity contribution in [3.63, 3.8) is 0 Å². The number of piperidine rings is 1. The van der Waals surface area contributed by atoms with Gasteiger partial charge in [0.1, 0.15) is 28.6 Å². The number of pyridine rings is 2. The number of alkyl halides is 3. The van der Waals surface area contributed by atoms with Gasteiger partial charge in [-0.05, 0) is 99.3 Å². The zero-order valence-corrected chi connectivity index (χ0v) is 30.4. The van der Waals surface area contributed by atoms with Gasteiger partial charge >= 0.3 is 12.2 Å². The number of aromatic nitrogens is 4. The fourth-order valence-electron chi connectivity index (χ4n) is 7.94. The van der Waals surface area contributed by atoms with Crippen molar-refractivity contribution in [2.24, 2.45) is 5.92 Å². The molecule has 3 aliphatic rings. The number of nitrogens with one attached hydrogen (secondary N) is 2. The first-order valence-electron chi connectivity index (χ1n) is 18.2. The number of anilines is 2. The first-order valence-corrected chi connectivity index (χ1v) is 19.0. The van der Waals surface area contributed by atoms with E-state index in [9.17, 15) is 27.6 Å². The van der Waals surface area contributed by atoms with Crippen molar-refractivity contribution in [1.82, 2.24) is 29.6 Å². The molecule has 1 aliphatic carbocycles. The molecule has 2 saturated heterocycles. The maximum atomic E-state index is 13.2. The van der Waals surface area contributed by atoms with Crippen LogP contribution in [0.2, 0.25) is 0 Å². The Morgan fingerprint density at radius 2 is 1.80 bits per heavy atom. The van der Waals surface area contributed by atoms with Gasteiger partial charge in [0.05, 0.1) is 34.2 Å². The van der Waals surface area contributed by atoms with Crippen LogP contribution in [0.15, 0.2) is 54.9 Å². The largest absolute Gasteiger partial charge is 0.494 e. The molecule has 3 fully saturated rings. The quantitative estimate of drug-likeness (QED) is 0.170. The van der Waals surface area contributed by atoms with E-state index in [0.717, 1.165) is 91.2 Å². The summed E-state index contributed by atoms with van der Waals surface area (Å²) in [4.78, 5) is 54.0. The van der Waals surface area contributed by atoms with Gasteiger partial charge < -0.3 is 15.0 Å². The van der Waals surface area contributed by atoms with E-state index in [4.69, 9.17) is 9.72 Å². The molecule has 16 heteroatoms. The predicted octanol–water partition coefficient (Wildman–Crippen LogP) is 7.22. The molecule has 0 bridgehead atoms. The van der Waals surface area contributed by atoms with Crippen molar-refractivity contribution in [2.75, 3.05) is 43.5 Å². The smallest absolute Gasteiger partial charge is 0.433 e. The number of halogens is 3. The van der Waals surface area contributed by atoms with E-state index in [1.165, 1.54) is 18.7 Å². The number of ether oxygens (including phenoxy) is 1. The molecule has 54 heavy (non-hydrogen) atoms. The van der Waals surface area contributed by atoms with E-state index in [-0.39, 0.29) is 18.0 Å². The van der Waals surface area contributed by atoms with Crippen LogP contribution in [0.4, 0.5) is 29.5 Å². The SMILES string of the molecule is COc1cc2nc(C3CCC(CN4CCC(c5ccn6c(N7CCC(=O)NC7=O)cnc6c5)CC4)CC3)sc2cc1NC(=O)c1cccc(C(F)(F)F)n1. The number of carbonyl (C=O) groups is 3. The number of imide groups is 1. The highest BCUT2D eigenvalue weighted by Crippen LogP contribution is 2.42. The number of carbonyl (C=O) groups excluding carboxylic acids is 3. The summed E-state index contributed by atoms with van der Waals surface area (Å²) in [6, 6.07) is 10.6. The topological polar surface area (TPSA) is 134 Å². The van der Waals surface area contributed by atoms with Gasteiger partial charge in [-0.3, -0.25) is 24.2 Å². The number of amides is 4. The van der Waals surface area contributed by atoms with Crippen molar-refractivity contribution in [1.29, 1.82) is 0 Å². The van der Waals surface area contributed by atoms with Gasteiger partial charge in [0.2, 0.25) is 5.91 Å². The second-order valence-corrected chi connectivity index (χ2v) is 15.3. The molecule has 282 valence electrons. The zero-order chi connectivity index (χ0) is 37.6. The summed E-state index contributed by atoms with van der Waals surface area (Å²) in [5.41, 5.74) is 1.68. The molecule has 0 atom stereocenters. The number of thiazole rings is 1. The first kappa shape index (κ1) is 35.9. The van der Waals surface area contributed by atoms with E-state index in [0.29, 0.717) is 41.6 Å². The normalized spacial score (nSPS) is 20.4. The van der Waals surface area contributed by atoms with Crippen LogP contribution in [0.3, 0.4) is 0 Å². The number of benzene rings is 1. The highest BCUT2D eigenvalue weighted by molar-refractivity contribution is 7.18. The van der Waals surface area contributed by atoms with Crippen LogP contribution >= 0.6 is 11.3 Å². The molecule has 4 aromatic heterocycles. The Morgan fingerprint density at radius 3 is 2.54 bits per heavy atom. The lowest BCUT2D eigenvalue weighted by Crippen LogP contribution is -2.50. The molecule has 5 aromatic rings. The number of fused-ring (bicyclic) bond motifs is 2. The average Bonchev–Trinajstić information content (AvgIpc) is 3.78. The van der Waals surface area contributed by atoms with Crippen LogP contribution in [0.25, 0.3) is 15.9 Å². The fraction of sp³-hybridized carbons (Fsp3) is 0.421. The van der Waals surface area contributed by atoms with Gasteiger partial charge in [-0.2, -0.15) is 13.2 Å². The molecule has 0 radical (unpaired) electrons. The molecule has 0 spiro atoms. The fourth-order valence-corrected chi connectivity index (χ4v) is 9.10. The Bertz CT molecular complexity index is 2220. The summed E-state index contributed by atoms with van der Waals surface area (Å²) in [5, 5.41) is 6.09. The monoisotopic (exact) mass is 760 g/mol. The lowest BCUT2D eigenvalue weighted by Gasteiger charge is -2.36. The molecule has 12 nitrogen and oxygen atoms in total. The first-order chi connectivity index (χ1) is 26.0. The second kappa shape index (κ2) is 14.6. The van der Waals surface area contributed by atoms with Crippen molar-refractivity contribution in [3.05, 3.63) is 76.8 Å². The molecule has 1 saturated carbocycles. The predicted molar refractivity (Wildman–Crippen MR) is 197 cm³/mol. The van der Waals surface area contributed by atoms with Crippen LogP contribution in [-0.4, -0.2) is 75.4 Å². The van der Waals surface area contributed by atoms with Gasteiger partial charge in [-0.25, -0.2) is 19.7 Å². The minimum absolute atomic E-state index is 0.262. The Balaban J connectivity index is 0.842. The van der Waals surface area contributed by atoms with Gasteiger partial charge in [-0.1, -0.05) is 6.07 Å². The van der Waals surface area contributed by atoms with Gasteiger partial charge in [0, 0.05) is 37.7 Å². The molecule has 8 rings (SSSR count). The average molecular weight is 761 g/mol. The maximum absolute atomic E-state index is 13.2. The Labute approximate surface area is 312 Å². The number of likely N-dealkylation sites (tertiary alicyclic amines) is 1. The summed E-state index contributed by atoms with van der Waals surface area (Å²) in [6.07, 6.45) is 5.75. The Kier molecular flexibility index (Phi) is 9.73. The summed E-state index contributed by atoms with van der Waals surface area (Å²) >= 11 is 1.58. The third-order valence-electron chi connectivity index (χ3n) is 10.9. The molecular weight excluding hydrogens is 722 g/mol. The van der Waals surface area contributed by atoms with E-state index < -0.39 is 23.8 Å². The number of methoxy groups -OCH3 is 1. The molecule has 6 heterocycles. The molecule has 1 aromatic carbocycles. The minimum atomic E-state index is -4.66. The summed E-state index contributed by atoms with van der Waals surface area (Å²) in [7, 11) is 1.47. The van der Waals surface area contributed by atoms with E-state index >= 15 is 0 Å². The summed E-state index contributed by atoms with van der Waals surface area (Å²) in [5.74, 6) is 1.41. The van der Waals surface area contributed by atoms with Crippen LogP contribution < -0.4 is 20.3 Å². The highest BCUT2D eigenvalue weighted by Gasteiger charge is 2.33. The zero-order valence-electron chi connectivity index (χ0n) is 29.6. The summed E-state index contributed by atoms with van der Waals surface area (Å²) < 4.78 is 47.7. The Hall–Kier alpha value is -5.09. The number of hydrogen-bond donors (Lipinski definition) is 2. The van der Waals surface area contributed by atoms with Crippen LogP contribution in [0.5, 0.6) is 5.75 Å². The number of nitrogens with zero attached hydrogens (tertiary/aromatic N) is 6. The second-order valence-electron chi connectivity index (χ2n) is 14.3. The van der Waals surface area contributed by atoms with Gasteiger partial charge in [0.25, 0.3) is 5.91 Å². The van der Waals surface area contributed by atoms with Crippen LogP contribution in [-0.2, 0) is 11.0 Å². The molecule has 2 aliphatic heterocycles. The standard InChI is InChI=1S/C38H39F3N8O4S/c1-53-29-18-28-30(19-27(29)44-35(51)26-3-2-4-31(43-26)38(39,40)41)54-36(45-28)24-7-5-22(6-8-24)21-47-13-9-23(10-14-47)25-11-15-48-32(17-25)42-20-34(48)49-16-12-33(50)46-37(49)52/h2-4,11,15,17-20,22-24H,5-10,12-14,16,21H2,1H3,(H,44,51)(H,46,50,52). The molecular formula is C38H39F3N8O4S. The van der Waals surface area contributed by atoms with Crippen molar-refractivity contribution >= 4 is 56.6 Å². The number of hydrogen-bond acceptors (Lipinski definition) is 9. The Morgan fingerprint density at radius 1 is 1.00 bits per heavy atom. The third-order valence-corrected chi connectivity index (χ3v) is 12.0. The van der Waals surface area contributed by atoms with Crippen molar-refractivity contribution in [2.45, 2.75) is 63.0 Å². The van der Waals surface area contributed by atoms with E-state index in [2.05, 4.69) is 37.6 Å².